The third kappa shape index (κ3) is 0.571. The second-order valence-electron chi connectivity index (χ2n) is 1.66. The molecule has 0 aromatic carbocycles. The molecule has 0 aromatic heterocycles. The first kappa shape index (κ1) is 3.81. The lowest BCUT2D eigenvalue weighted by Crippen LogP contribution is -2.95. The fourth-order valence-corrected chi connectivity index (χ4v) is 0.415. The van der Waals surface area contributed by atoms with Crippen LogP contribution in [0.3, 0.4) is 0 Å². The first-order valence-electron chi connectivity index (χ1n) is 2.16. The molecule has 1 heterocycles. The van der Waals surface area contributed by atoms with Crippen LogP contribution in [0.5, 0.6) is 0 Å². The van der Waals surface area contributed by atoms with Crippen molar-refractivity contribution in [2.24, 2.45) is 0 Å². The van der Waals surface area contributed by atoms with E-state index in [4.69, 9.17) is 0 Å². The maximum Gasteiger partial charge on any atom is 0.309 e. The lowest BCUT2D eigenvalue weighted by molar-refractivity contribution is -0.669. The lowest BCUT2D eigenvalue weighted by Gasteiger charge is -1.77. The van der Waals surface area contributed by atoms with Gasteiger partial charge in [0.25, 0.3) is 0 Å². The Hall–Kier alpha value is -0.370. The van der Waals surface area contributed by atoms with E-state index in [1.165, 1.54) is 0 Å². The van der Waals surface area contributed by atoms with Crippen LogP contribution in [0.2, 0.25) is 0 Å². The summed E-state index contributed by atoms with van der Waals surface area (Å²) in [5.41, 5.74) is 0. The van der Waals surface area contributed by atoms with Gasteiger partial charge in [-0.1, -0.05) is 0 Å². The Kier molecular flexibility index (Phi) is 0.665. The van der Waals surface area contributed by atoms with Crippen molar-refractivity contribution in [2.45, 2.75) is 6.92 Å². The molecule has 1 fully saturated rings. The molecule has 0 radical (unpaired) electrons. The van der Waals surface area contributed by atoms with Crippen molar-refractivity contribution in [3.63, 3.8) is 0 Å². The molecule has 1 N–H and O–H groups in total. The van der Waals surface area contributed by atoms with Gasteiger partial charge in [-0.25, -0.2) is 4.79 Å². The van der Waals surface area contributed by atoms with Crippen molar-refractivity contribution >= 4 is 5.91 Å². The van der Waals surface area contributed by atoms with Gasteiger partial charge in [0.1, 0.15) is 13.1 Å². The minimum atomic E-state index is 0.287. The normalized spacial score (nSPS) is 20.8. The molecule has 1 rings (SSSR count). The van der Waals surface area contributed by atoms with Crippen LogP contribution in [-0.4, -0.2) is 19.0 Å². The number of quaternary nitrogens is 1. The standard InChI is InChI=1S/C4H7NO/c1-4(6)5-2-3-5/h2-3H2,1H3/p+1. The summed E-state index contributed by atoms with van der Waals surface area (Å²) in [6, 6.07) is 0. The summed E-state index contributed by atoms with van der Waals surface area (Å²) >= 11 is 0. The van der Waals surface area contributed by atoms with E-state index in [1.807, 2.05) is 0 Å². The van der Waals surface area contributed by atoms with Crippen LogP contribution in [0, 0.1) is 0 Å². The van der Waals surface area contributed by atoms with Crippen LogP contribution in [0.1, 0.15) is 6.92 Å². The van der Waals surface area contributed by atoms with Crippen molar-refractivity contribution in [2.75, 3.05) is 13.1 Å². The summed E-state index contributed by atoms with van der Waals surface area (Å²) in [5, 5.41) is 0. The molecule has 2 heteroatoms. The van der Waals surface area contributed by atoms with Gasteiger partial charge in [-0.15, -0.1) is 0 Å². The van der Waals surface area contributed by atoms with E-state index in [1.54, 1.807) is 6.92 Å². The summed E-state index contributed by atoms with van der Waals surface area (Å²) < 4.78 is 0. The van der Waals surface area contributed by atoms with E-state index in [-0.39, 0.29) is 5.91 Å². The zero-order chi connectivity index (χ0) is 4.57. The number of hydrogen-bond acceptors (Lipinski definition) is 1. The van der Waals surface area contributed by atoms with Crippen LogP contribution < -0.4 is 4.90 Å². The van der Waals surface area contributed by atoms with E-state index >= 15 is 0 Å². The predicted octanol–water partition coefficient (Wildman–Crippen LogP) is -1.57. The van der Waals surface area contributed by atoms with Gasteiger partial charge in [-0.2, -0.15) is 0 Å². The Morgan fingerprint density at radius 3 is 2.17 bits per heavy atom. The summed E-state index contributed by atoms with van der Waals surface area (Å²) in [6.07, 6.45) is 0. The maximum atomic E-state index is 10.2. The summed E-state index contributed by atoms with van der Waals surface area (Å²) in [4.78, 5) is 11.3. The molecule has 0 aliphatic carbocycles. The highest BCUT2D eigenvalue weighted by molar-refractivity contribution is 5.63. The molecule has 0 saturated carbocycles. The highest BCUT2D eigenvalue weighted by Crippen LogP contribution is 1.61. The Labute approximate surface area is 36.7 Å². The minimum Gasteiger partial charge on any atom is -0.263 e. The molecule has 34 valence electrons. The van der Waals surface area contributed by atoms with Gasteiger partial charge in [-0.05, 0) is 0 Å². The molecule has 1 aliphatic heterocycles. The number of hydrogen-bond donors (Lipinski definition) is 1. The Morgan fingerprint density at radius 1 is 1.67 bits per heavy atom. The number of nitrogens with one attached hydrogen (secondary N) is 1. The van der Waals surface area contributed by atoms with E-state index in [0.717, 1.165) is 18.0 Å². The predicted molar refractivity (Wildman–Crippen MR) is 21.4 cm³/mol. The highest BCUT2D eigenvalue weighted by Gasteiger charge is 2.27. The van der Waals surface area contributed by atoms with Crippen LogP contribution in [0.15, 0.2) is 0 Å². The molecule has 0 atom stereocenters. The van der Waals surface area contributed by atoms with Crippen LogP contribution >= 0.6 is 0 Å². The van der Waals surface area contributed by atoms with E-state index in [2.05, 4.69) is 0 Å². The van der Waals surface area contributed by atoms with E-state index < -0.39 is 0 Å². The average Bonchev–Trinajstić information content (AvgIpc) is 2.06. The van der Waals surface area contributed by atoms with Crippen LogP contribution in [-0.2, 0) is 4.79 Å². The molecule has 0 bridgehead atoms. The maximum absolute atomic E-state index is 10.2. The van der Waals surface area contributed by atoms with E-state index in [0.29, 0.717) is 0 Å². The lowest BCUT2D eigenvalue weighted by atomic mass is 10.7. The third-order valence-electron chi connectivity index (χ3n) is 0.998. The Bertz CT molecular complexity index is 75.6. The Balaban J connectivity index is 2.31. The first-order chi connectivity index (χ1) is 2.80. The monoisotopic (exact) mass is 86.1 g/mol. The zero-order valence-corrected chi connectivity index (χ0v) is 3.82. The minimum absolute atomic E-state index is 0.287. The number of carbonyl (C=O) groups is 1. The van der Waals surface area contributed by atoms with Gasteiger partial charge in [0.2, 0.25) is 0 Å². The van der Waals surface area contributed by atoms with Crippen molar-refractivity contribution in [3.8, 4) is 0 Å². The van der Waals surface area contributed by atoms with Gasteiger partial charge < -0.3 is 0 Å². The quantitative estimate of drug-likeness (QED) is 0.353. The van der Waals surface area contributed by atoms with Crippen LogP contribution in [0.25, 0.3) is 0 Å². The molecule has 6 heavy (non-hydrogen) atoms. The third-order valence-corrected chi connectivity index (χ3v) is 0.998. The van der Waals surface area contributed by atoms with Crippen molar-refractivity contribution in [3.05, 3.63) is 0 Å². The number of carbonyl (C=O) groups excluding carboxylic acids is 1. The Morgan fingerprint density at radius 2 is 2.17 bits per heavy atom. The molecule has 0 spiro atoms. The summed E-state index contributed by atoms with van der Waals surface area (Å²) in [5.74, 6) is 0.287. The van der Waals surface area contributed by atoms with E-state index in [9.17, 15) is 4.79 Å². The smallest absolute Gasteiger partial charge is 0.263 e. The number of amides is 1. The highest BCUT2D eigenvalue weighted by atomic mass is 16.2. The topological polar surface area (TPSA) is 21.5 Å². The fraction of sp³-hybridized carbons (Fsp3) is 0.750. The molecule has 0 aromatic rings. The van der Waals surface area contributed by atoms with Gasteiger partial charge in [0.15, 0.2) is 0 Å². The van der Waals surface area contributed by atoms with Gasteiger partial charge in [0, 0.05) is 0 Å². The number of rotatable bonds is 0. The molecule has 0 unspecified atom stereocenters. The van der Waals surface area contributed by atoms with Crippen LogP contribution in [0.4, 0.5) is 0 Å². The second kappa shape index (κ2) is 1.05. The zero-order valence-electron chi connectivity index (χ0n) is 3.82. The largest absolute Gasteiger partial charge is 0.309 e. The molecule has 1 saturated heterocycles. The van der Waals surface area contributed by atoms with Gasteiger partial charge in [0.05, 0.1) is 6.92 Å². The molecule has 1 aliphatic rings. The first-order valence-corrected chi connectivity index (χ1v) is 2.16. The van der Waals surface area contributed by atoms with Crippen molar-refractivity contribution in [1.82, 2.24) is 0 Å². The fourth-order valence-electron chi connectivity index (χ4n) is 0.415. The van der Waals surface area contributed by atoms with Crippen molar-refractivity contribution in [1.29, 1.82) is 0 Å². The molecular formula is C4H8NO+. The molecule has 2 nitrogen and oxygen atoms in total. The second-order valence-corrected chi connectivity index (χ2v) is 1.66. The SMILES string of the molecule is CC(=O)[NH+]1CC1. The summed E-state index contributed by atoms with van der Waals surface area (Å²) in [7, 11) is 0. The van der Waals surface area contributed by atoms with Crippen molar-refractivity contribution < 1.29 is 9.69 Å². The van der Waals surface area contributed by atoms with Gasteiger partial charge in [-0.3, -0.25) is 4.90 Å². The molecule has 1 amide bonds. The van der Waals surface area contributed by atoms with Gasteiger partial charge >= 0.3 is 5.91 Å². The molecular weight excluding hydrogens is 78.0 g/mol. The summed E-state index contributed by atoms with van der Waals surface area (Å²) in [6.45, 7) is 3.76. The average molecular weight is 86.1 g/mol.